The van der Waals surface area contributed by atoms with E-state index in [1.165, 1.54) is 25.7 Å². The van der Waals surface area contributed by atoms with Gasteiger partial charge in [0, 0.05) is 5.56 Å². The van der Waals surface area contributed by atoms with Crippen molar-refractivity contribution in [3.05, 3.63) is 23.8 Å². The highest BCUT2D eigenvalue weighted by molar-refractivity contribution is 5.41. The van der Waals surface area contributed by atoms with Gasteiger partial charge in [0.25, 0.3) is 0 Å². The molecule has 3 nitrogen and oxygen atoms in total. The molecular weight excluding hydrogens is 252 g/mol. The van der Waals surface area contributed by atoms with Crippen LogP contribution in [0.3, 0.4) is 0 Å². The minimum absolute atomic E-state index is 0.454. The molecule has 3 rings (SSSR count). The summed E-state index contributed by atoms with van der Waals surface area (Å²) in [6, 6.07) is 5.64. The number of methoxy groups -OCH3 is 2. The molecule has 0 saturated heterocycles. The zero-order valence-corrected chi connectivity index (χ0v) is 12.3. The third-order valence-electron chi connectivity index (χ3n) is 5.21. The Kier molecular flexibility index (Phi) is 3.88. The van der Waals surface area contributed by atoms with Crippen LogP contribution in [0.2, 0.25) is 0 Å². The Hall–Kier alpha value is -1.22. The van der Waals surface area contributed by atoms with Crippen molar-refractivity contribution in [2.75, 3.05) is 14.2 Å². The van der Waals surface area contributed by atoms with Crippen LogP contribution in [-0.2, 0) is 0 Å². The van der Waals surface area contributed by atoms with Crippen molar-refractivity contribution in [2.45, 2.75) is 38.2 Å². The number of ether oxygens (including phenoxy) is 2. The molecule has 4 atom stereocenters. The van der Waals surface area contributed by atoms with Crippen molar-refractivity contribution in [3.63, 3.8) is 0 Å². The first-order chi connectivity index (χ1) is 9.71. The zero-order valence-electron chi connectivity index (χ0n) is 12.3. The lowest BCUT2D eigenvalue weighted by atomic mass is 9.83. The van der Waals surface area contributed by atoms with Crippen molar-refractivity contribution < 1.29 is 14.6 Å². The molecule has 0 aromatic heterocycles. The monoisotopic (exact) mass is 276 g/mol. The summed E-state index contributed by atoms with van der Waals surface area (Å²) in [6.07, 6.45) is 5.84. The minimum atomic E-state index is -0.454. The van der Waals surface area contributed by atoms with Gasteiger partial charge in [0.1, 0.15) is 11.5 Å². The third kappa shape index (κ3) is 2.51. The van der Waals surface area contributed by atoms with Gasteiger partial charge in [-0.1, -0.05) is 6.42 Å². The first kappa shape index (κ1) is 13.7. The molecule has 2 aliphatic carbocycles. The van der Waals surface area contributed by atoms with Gasteiger partial charge in [-0.25, -0.2) is 0 Å². The van der Waals surface area contributed by atoms with Gasteiger partial charge < -0.3 is 14.6 Å². The number of benzene rings is 1. The van der Waals surface area contributed by atoms with E-state index in [2.05, 4.69) is 0 Å². The van der Waals surface area contributed by atoms with Crippen LogP contribution >= 0.6 is 0 Å². The van der Waals surface area contributed by atoms with E-state index in [0.29, 0.717) is 5.92 Å². The van der Waals surface area contributed by atoms with Crippen LogP contribution in [0.25, 0.3) is 0 Å². The molecule has 0 amide bonds. The van der Waals surface area contributed by atoms with Crippen LogP contribution in [-0.4, -0.2) is 19.3 Å². The molecule has 3 heteroatoms. The van der Waals surface area contributed by atoms with Crippen molar-refractivity contribution in [2.24, 2.45) is 17.8 Å². The fourth-order valence-electron chi connectivity index (χ4n) is 4.18. The molecule has 110 valence electrons. The lowest BCUT2D eigenvalue weighted by molar-refractivity contribution is 0.122. The van der Waals surface area contributed by atoms with Crippen molar-refractivity contribution >= 4 is 0 Å². The maximum atomic E-state index is 10.6. The van der Waals surface area contributed by atoms with Crippen LogP contribution in [0.4, 0.5) is 0 Å². The molecule has 0 radical (unpaired) electrons. The maximum Gasteiger partial charge on any atom is 0.124 e. The number of rotatable bonds is 5. The molecule has 2 bridgehead atoms. The Morgan fingerprint density at radius 2 is 2.05 bits per heavy atom. The Morgan fingerprint density at radius 1 is 1.20 bits per heavy atom. The van der Waals surface area contributed by atoms with Gasteiger partial charge in [-0.3, -0.25) is 0 Å². The van der Waals surface area contributed by atoms with Gasteiger partial charge in [-0.05, 0) is 61.6 Å². The number of hydrogen-bond acceptors (Lipinski definition) is 3. The maximum absolute atomic E-state index is 10.6. The summed E-state index contributed by atoms with van der Waals surface area (Å²) in [5, 5.41) is 10.6. The molecule has 2 fully saturated rings. The van der Waals surface area contributed by atoms with E-state index in [9.17, 15) is 5.11 Å². The smallest absolute Gasteiger partial charge is 0.124 e. The van der Waals surface area contributed by atoms with Gasteiger partial charge in [0.2, 0.25) is 0 Å². The molecule has 0 spiro atoms. The van der Waals surface area contributed by atoms with Gasteiger partial charge in [0.05, 0.1) is 20.3 Å². The van der Waals surface area contributed by atoms with E-state index in [-0.39, 0.29) is 0 Å². The Balaban J connectivity index is 1.74. The molecular formula is C17H24O3. The summed E-state index contributed by atoms with van der Waals surface area (Å²) in [6.45, 7) is 0. The fraction of sp³-hybridized carbons (Fsp3) is 0.647. The summed E-state index contributed by atoms with van der Waals surface area (Å²) in [5.74, 6) is 3.96. The zero-order chi connectivity index (χ0) is 14.1. The summed E-state index contributed by atoms with van der Waals surface area (Å²) < 4.78 is 10.6. The standard InChI is InChI=1S/C17H24O3/c1-19-14-5-6-17(20-2)15(10-14)16(18)9-13-8-11-3-4-12(13)7-11/h5-6,10-13,16,18H,3-4,7-9H2,1-2H3. The highest BCUT2D eigenvalue weighted by Crippen LogP contribution is 2.51. The predicted molar refractivity (Wildman–Crippen MR) is 78.1 cm³/mol. The first-order valence-electron chi connectivity index (χ1n) is 7.61. The second-order valence-corrected chi connectivity index (χ2v) is 6.29. The summed E-state index contributed by atoms with van der Waals surface area (Å²) in [5.41, 5.74) is 0.856. The van der Waals surface area contributed by atoms with Crippen molar-refractivity contribution in [1.29, 1.82) is 0 Å². The Labute approximate surface area is 120 Å². The minimum Gasteiger partial charge on any atom is -0.497 e. The van der Waals surface area contributed by atoms with E-state index in [1.54, 1.807) is 14.2 Å². The van der Waals surface area contributed by atoms with Gasteiger partial charge in [0.15, 0.2) is 0 Å². The Morgan fingerprint density at radius 3 is 2.65 bits per heavy atom. The van der Waals surface area contributed by atoms with E-state index < -0.39 is 6.10 Å². The lowest BCUT2D eigenvalue weighted by Crippen LogP contribution is -2.14. The number of aliphatic hydroxyl groups excluding tert-OH is 1. The van der Waals surface area contributed by atoms with Crippen LogP contribution < -0.4 is 9.47 Å². The van der Waals surface area contributed by atoms with Crippen LogP contribution in [0, 0.1) is 17.8 Å². The molecule has 1 aromatic carbocycles. The van der Waals surface area contributed by atoms with E-state index in [0.717, 1.165) is 35.3 Å². The van der Waals surface area contributed by atoms with E-state index in [1.807, 2.05) is 18.2 Å². The highest BCUT2D eigenvalue weighted by Gasteiger charge is 2.40. The molecule has 0 aliphatic heterocycles. The first-order valence-corrected chi connectivity index (χ1v) is 7.61. The SMILES string of the molecule is COc1ccc(OC)c(C(O)CC2CC3CCC2C3)c1. The van der Waals surface area contributed by atoms with Crippen LogP contribution in [0.15, 0.2) is 18.2 Å². The van der Waals surface area contributed by atoms with Gasteiger partial charge in [-0.15, -0.1) is 0 Å². The average molecular weight is 276 g/mol. The fourth-order valence-corrected chi connectivity index (χ4v) is 4.18. The summed E-state index contributed by atoms with van der Waals surface area (Å²) in [7, 11) is 3.30. The van der Waals surface area contributed by atoms with Crippen LogP contribution in [0.1, 0.15) is 43.8 Å². The number of hydrogen-bond donors (Lipinski definition) is 1. The molecule has 0 heterocycles. The molecule has 20 heavy (non-hydrogen) atoms. The normalized spacial score (nSPS) is 29.4. The molecule has 1 N–H and O–H groups in total. The van der Waals surface area contributed by atoms with Gasteiger partial charge in [-0.2, -0.15) is 0 Å². The van der Waals surface area contributed by atoms with E-state index >= 15 is 0 Å². The highest BCUT2D eigenvalue weighted by atomic mass is 16.5. The average Bonchev–Trinajstić information content (AvgIpc) is 3.09. The topological polar surface area (TPSA) is 38.7 Å². The molecule has 2 aliphatic rings. The van der Waals surface area contributed by atoms with Crippen molar-refractivity contribution in [1.82, 2.24) is 0 Å². The number of fused-ring (bicyclic) bond motifs is 2. The molecule has 4 unspecified atom stereocenters. The number of aliphatic hydroxyl groups is 1. The largest absolute Gasteiger partial charge is 0.497 e. The summed E-state index contributed by atoms with van der Waals surface area (Å²) in [4.78, 5) is 0. The predicted octanol–water partition coefficient (Wildman–Crippen LogP) is 3.56. The molecule has 1 aromatic rings. The second-order valence-electron chi connectivity index (χ2n) is 6.29. The lowest BCUT2D eigenvalue weighted by Gasteiger charge is -2.25. The Bertz CT molecular complexity index is 471. The van der Waals surface area contributed by atoms with Gasteiger partial charge >= 0.3 is 0 Å². The van der Waals surface area contributed by atoms with Crippen molar-refractivity contribution in [3.8, 4) is 11.5 Å². The quantitative estimate of drug-likeness (QED) is 0.893. The third-order valence-corrected chi connectivity index (χ3v) is 5.21. The van der Waals surface area contributed by atoms with Crippen LogP contribution in [0.5, 0.6) is 11.5 Å². The molecule has 2 saturated carbocycles. The second kappa shape index (κ2) is 5.65. The van der Waals surface area contributed by atoms with E-state index in [4.69, 9.17) is 9.47 Å². The summed E-state index contributed by atoms with van der Waals surface area (Å²) >= 11 is 0.